The summed E-state index contributed by atoms with van der Waals surface area (Å²) in [5, 5.41) is 2.64. The van der Waals surface area contributed by atoms with Crippen LogP contribution in [0.3, 0.4) is 0 Å². The van der Waals surface area contributed by atoms with Crippen LogP contribution in [0.2, 0.25) is 0 Å². The number of benzene rings is 3. The molecule has 0 atom stereocenters. The summed E-state index contributed by atoms with van der Waals surface area (Å²) >= 11 is 0. The van der Waals surface area contributed by atoms with Gasteiger partial charge < -0.3 is 10.1 Å². The Hall–Kier alpha value is -4.00. The molecule has 1 N–H and O–H groups in total. The molecule has 0 saturated heterocycles. The lowest BCUT2D eigenvalue weighted by molar-refractivity contribution is -0.116. The van der Waals surface area contributed by atoms with Crippen LogP contribution in [-0.4, -0.2) is 45.3 Å². The monoisotopic (exact) mass is 480 g/mol. The summed E-state index contributed by atoms with van der Waals surface area (Å²) in [7, 11) is -1.38. The minimum atomic E-state index is -3.95. The van der Waals surface area contributed by atoms with E-state index in [1.165, 1.54) is 14.2 Å². The quantitative estimate of drug-likeness (QED) is 0.432. The van der Waals surface area contributed by atoms with Gasteiger partial charge in [-0.05, 0) is 60.7 Å². The topological polar surface area (TPSA) is 92.8 Å². The van der Waals surface area contributed by atoms with Crippen molar-refractivity contribution < 1.29 is 27.1 Å². The van der Waals surface area contributed by atoms with E-state index in [1.54, 1.807) is 48.5 Å². The Balaban J connectivity index is 1.68. The number of esters is 1. The minimum Gasteiger partial charge on any atom is -0.465 e. The number of hydrogen-bond acceptors (Lipinski definition) is 5. The van der Waals surface area contributed by atoms with E-state index in [4.69, 9.17) is 4.74 Å². The first-order valence-corrected chi connectivity index (χ1v) is 11.5. The fourth-order valence-corrected chi connectivity index (χ4v) is 4.06. The fraction of sp³-hybridized carbons (Fsp3) is 0.120. The Morgan fingerprint density at radius 3 is 2.24 bits per heavy atom. The average Bonchev–Trinajstić information content (AvgIpc) is 2.82. The molecule has 0 aliphatic carbocycles. The van der Waals surface area contributed by atoms with Gasteiger partial charge in [0.1, 0.15) is 5.82 Å². The molecular formula is C25H21FN2O5S. The Kier molecular flexibility index (Phi) is 7.79. The van der Waals surface area contributed by atoms with Crippen LogP contribution in [-0.2, 0) is 19.6 Å². The molecule has 0 unspecified atom stereocenters. The zero-order chi connectivity index (χ0) is 24.7. The lowest BCUT2D eigenvalue weighted by Crippen LogP contribution is -2.35. The number of rotatable bonds is 6. The molecule has 0 saturated carbocycles. The Labute approximate surface area is 197 Å². The molecule has 3 aromatic rings. The normalized spacial score (nSPS) is 10.8. The van der Waals surface area contributed by atoms with Crippen molar-refractivity contribution in [1.29, 1.82) is 0 Å². The molecule has 0 aliphatic heterocycles. The summed E-state index contributed by atoms with van der Waals surface area (Å²) in [5.74, 6) is 4.34. The van der Waals surface area contributed by atoms with E-state index in [2.05, 4.69) is 17.2 Å². The third kappa shape index (κ3) is 6.28. The first-order valence-electron chi connectivity index (χ1n) is 10.0. The average molecular weight is 481 g/mol. The molecule has 174 valence electrons. The number of carbonyl (C=O) groups excluding carboxylic acids is 2. The van der Waals surface area contributed by atoms with E-state index in [-0.39, 0.29) is 4.90 Å². The van der Waals surface area contributed by atoms with Crippen LogP contribution in [0.1, 0.15) is 21.5 Å². The summed E-state index contributed by atoms with van der Waals surface area (Å²) in [6.07, 6.45) is 0. The van der Waals surface area contributed by atoms with Crippen molar-refractivity contribution in [2.45, 2.75) is 4.90 Å². The highest BCUT2D eigenvalue weighted by molar-refractivity contribution is 7.89. The fourth-order valence-electron chi connectivity index (χ4n) is 2.94. The summed E-state index contributed by atoms with van der Waals surface area (Å²) in [5.41, 5.74) is 2.04. The van der Waals surface area contributed by atoms with Crippen LogP contribution < -0.4 is 5.32 Å². The highest BCUT2D eigenvalue weighted by atomic mass is 32.2. The lowest BCUT2D eigenvalue weighted by atomic mass is 10.1. The minimum absolute atomic E-state index is 0.113. The van der Waals surface area contributed by atoms with E-state index in [9.17, 15) is 22.4 Å². The number of nitrogens with one attached hydrogen (secondary N) is 1. The van der Waals surface area contributed by atoms with Gasteiger partial charge in [-0.3, -0.25) is 4.79 Å². The lowest BCUT2D eigenvalue weighted by Gasteiger charge is -2.17. The van der Waals surface area contributed by atoms with Crippen molar-refractivity contribution in [1.82, 2.24) is 4.31 Å². The molecule has 0 aromatic heterocycles. The first kappa shape index (κ1) is 24.6. The van der Waals surface area contributed by atoms with Gasteiger partial charge in [-0.15, -0.1) is 0 Å². The first-order chi connectivity index (χ1) is 16.2. The van der Waals surface area contributed by atoms with Gasteiger partial charge >= 0.3 is 5.97 Å². The largest absolute Gasteiger partial charge is 0.465 e. The van der Waals surface area contributed by atoms with Crippen molar-refractivity contribution in [2.75, 3.05) is 26.0 Å². The van der Waals surface area contributed by atoms with Crippen LogP contribution in [0.25, 0.3) is 0 Å². The van der Waals surface area contributed by atoms with E-state index in [0.717, 1.165) is 28.6 Å². The number of carbonyl (C=O) groups is 2. The van der Waals surface area contributed by atoms with Gasteiger partial charge in [-0.25, -0.2) is 17.6 Å². The van der Waals surface area contributed by atoms with Crippen molar-refractivity contribution in [3.05, 3.63) is 95.3 Å². The summed E-state index contributed by atoms with van der Waals surface area (Å²) in [4.78, 5) is 24.0. The van der Waals surface area contributed by atoms with Crippen LogP contribution >= 0.6 is 0 Å². The molecule has 0 heterocycles. The van der Waals surface area contributed by atoms with Crippen molar-refractivity contribution in [3.8, 4) is 11.8 Å². The Morgan fingerprint density at radius 2 is 1.59 bits per heavy atom. The van der Waals surface area contributed by atoms with Crippen molar-refractivity contribution in [3.63, 3.8) is 0 Å². The standard InChI is InChI=1S/C25H21FN2O5S/c1-28(34(31,32)23-13-11-21(26)12-14-23)17-24(29)27-22-8-4-6-19(16-22)10-9-18-5-3-7-20(15-18)25(30)33-2/h3-8,11-16H,17H2,1-2H3,(H,27,29). The van der Waals surface area contributed by atoms with Crippen LogP contribution in [0, 0.1) is 17.7 Å². The number of sulfonamides is 1. The maximum Gasteiger partial charge on any atom is 0.337 e. The molecule has 0 bridgehead atoms. The smallest absolute Gasteiger partial charge is 0.337 e. The number of halogens is 1. The van der Waals surface area contributed by atoms with Crippen molar-refractivity contribution >= 4 is 27.6 Å². The predicted octanol–water partition coefficient (Wildman–Crippen LogP) is 3.27. The zero-order valence-corrected chi connectivity index (χ0v) is 19.2. The highest BCUT2D eigenvalue weighted by Gasteiger charge is 2.23. The second-order valence-corrected chi connectivity index (χ2v) is 9.21. The molecule has 0 radical (unpaired) electrons. The highest BCUT2D eigenvalue weighted by Crippen LogP contribution is 2.15. The Morgan fingerprint density at radius 1 is 0.971 bits per heavy atom. The number of ether oxygens (including phenoxy) is 1. The number of hydrogen-bond donors (Lipinski definition) is 1. The number of likely N-dealkylation sites (N-methyl/N-ethyl adjacent to an activating group) is 1. The van der Waals surface area contributed by atoms with Gasteiger partial charge in [0.2, 0.25) is 15.9 Å². The molecule has 3 rings (SSSR count). The molecule has 7 nitrogen and oxygen atoms in total. The van der Waals surface area contributed by atoms with Crippen LogP contribution in [0.4, 0.5) is 10.1 Å². The van der Waals surface area contributed by atoms with Crippen molar-refractivity contribution in [2.24, 2.45) is 0 Å². The van der Waals surface area contributed by atoms with Gasteiger partial charge in [0.05, 0.1) is 24.1 Å². The van der Waals surface area contributed by atoms with Gasteiger partial charge in [-0.1, -0.05) is 24.0 Å². The van der Waals surface area contributed by atoms with E-state index >= 15 is 0 Å². The van der Waals surface area contributed by atoms with Crippen LogP contribution in [0.15, 0.2) is 77.7 Å². The van der Waals surface area contributed by atoms with Gasteiger partial charge in [0, 0.05) is 23.9 Å². The number of amides is 1. The second-order valence-electron chi connectivity index (χ2n) is 7.17. The van der Waals surface area contributed by atoms with E-state index in [1.807, 2.05) is 0 Å². The molecule has 3 aromatic carbocycles. The summed E-state index contributed by atoms with van der Waals surface area (Å²) in [6.45, 7) is -0.435. The number of nitrogens with zero attached hydrogens (tertiary/aromatic N) is 1. The second kappa shape index (κ2) is 10.7. The van der Waals surface area contributed by atoms with Crippen LogP contribution in [0.5, 0.6) is 0 Å². The SMILES string of the molecule is COC(=O)c1cccc(C#Cc2cccc(NC(=O)CN(C)S(=O)(=O)c3ccc(F)cc3)c2)c1. The molecule has 0 aliphatic rings. The van der Waals surface area contributed by atoms with E-state index < -0.39 is 34.3 Å². The van der Waals surface area contributed by atoms with Gasteiger partial charge in [-0.2, -0.15) is 4.31 Å². The molecule has 0 spiro atoms. The molecular weight excluding hydrogens is 459 g/mol. The predicted molar refractivity (Wildman–Crippen MR) is 125 cm³/mol. The molecule has 0 fully saturated rings. The summed E-state index contributed by atoms with van der Waals surface area (Å²) < 4.78 is 43.8. The third-order valence-corrected chi connectivity index (χ3v) is 6.49. The number of anilines is 1. The molecule has 34 heavy (non-hydrogen) atoms. The maximum atomic E-state index is 13.1. The van der Waals surface area contributed by atoms with Gasteiger partial charge in [0.15, 0.2) is 0 Å². The van der Waals surface area contributed by atoms with E-state index in [0.29, 0.717) is 22.4 Å². The van der Waals surface area contributed by atoms with Gasteiger partial charge in [0.25, 0.3) is 0 Å². The Bertz CT molecular complexity index is 1380. The zero-order valence-electron chi connectivity index (χ0n) is 18.4. The third-order valence-electron chi connectivity index (χ3n) is 4.67. The molecule has 9 heteroatoms. The molecule has 1 amide bonds. The number of methoxy groups -OCH3 is 1. The maximum absolute atomic E-state index is 13.1. The summed E-state index contributed by atoms with van der Waals surface area (Å²) in [6, 6.07) is 17.8.